The van der Waals surface area contributed by atoms with Gasteiger partial charge in [-0.3, -0.25) is 9.59 Å². The molecule has 0 radical (unpaired) electrons. The van der Waals surface area contributed by atoms with Gasteiger partial charge in [-0.15, -0.1) is 0 Å². The molecular formula is C20H27N5O2. The number of aromatic nitrogens is 3. The summed E-state index contributed by atoms with van der Waals surface area (Å²) in [5, 5.41) is 4.25. The Morgan fingerprint density at radius 3 is 3.04 bits per heavy atom. The number of piperidine rings is 2. The maximum Gasteiger partial charge on any atom is 0.259 e. The highest BCUT2D eigenvalue weighted by Crippen LogP contribution is 2.39. The summed E-state index contributed by atoms with van der Waals surface area (Å²) in [7, 11) is 0. The van der Waals surface area contributed by atoms with Crippen molar-refractivity contribution >= 4 is 17.5 Å². The molecule has 2 aliphatic rings. The van der Waals surface area contributed by atoms with Crippen molar-refractivity contribution in [2.45, 2.75) is 45.4 Å². The molecule has 0 N–H and O–H groups in total. The van der Waals surface area contributed by atoms with Crippen LogP contribution in [0, 0.1) is 5.41 Å². The summed E-state index contributed by atoms with van der Waals surface area (Å²) >= 11 is 0. The standard InChI is InChI=1S/C20H27N5O2/c1-2-3-10-23-14-20(8-6-17(23)26)7-4-11-24(15-20)19(27)16-13-22-25-12-5-9-21-18(16)25/h5,9,12-13H,2-4,6-8,10-11,14-15H2,1H3. The molecule has 1 unspecified atom stereocenters. The van der Waals surface area contributed by atoms with Crippen LogP contribution in [0.3, 0.4) is 0 Å². The maximum absolute atomic E-state index is 13.2. The van der Waals surface area contributed by atoms with Crippen LogP contribution in [0.5, 0.6) is 0 Å². The SMILES string of the molecule is CCCCN1CC2(CCCN(C(=O)c3cnn4cccnc34)C2)CCC1=O. The zero-order valence-corrected chi connectivity index (χ0v) is 15.9. The Kier molecular flexibility index (Phi) is 4.85. The van der Waals surface area contributed by atoms with E-state index < -0.39 is 0 Å². The molecule has 4 rings (SSSR count). The van der Waals surface area contributed by atoms with Crippen molar-refractivity contribution in [1.82, 2.24) is 24.4 Å². The third-order valence-corrected chi connectivity index (χ3v) is 5.99. The topological polar surface area (TPSA) is 70.8 Å². The van der Waals surface area contributed by atoms with Gasteiger partial charge in [0.2, 0.25) is 5.91 Å². The molecular weight excluding hydrogens is 342 g/mol. The highest BCUT2D eigenvalue weighted by atomic mass is 16.2. The van der Waals surface area contributed by atoms with Gasteiger partial charge in [0.15, 0.2) is 5.65 Å². The van der Waals surface area contributed by atoms with E-state index in [1.807, 2.05) is 9.80 Å². The number of carbonyl (C=O) groups excluding carboxylic acids is 2. The number of unbranched alkanes of at least 4 members (excludes halogenated alkanes) is 1. The molecule has 1 spiro atoms. The van der Waals surface area contributed by atoms with E-state index in [0.29, 0.717) is 24.2 Å². The minimum atomic E-state index is -0.000201. The van der Waals surface area contributed by atoms with Crippen LogP contribution in [0.4, 0.5) is 0 Å². The van der Waals surface area contributed by atoms with Gasteiger partial charge in [-0.1, -0.05) is 13.3 Å². The zero-order valence-electron chi connectivity index (χ0n) is 15.9. The van der Waals surface area contributed by atoms with Crippen molar-refractivity contribution in [2.24, 2.45) is 5.41 Å². The van der Waals surface area contributed by atoms with Crippen LogP contribution >= 0.6 is 0 Å². The highest BCUT2D eigenvalue weighted by Gasteiger charge is 2.42. The van der Waals surface area contributed by atoms with Crippen LogP contribution in [-0.4, -0.2) is 62.4 Å². The first-order chi connectivity index (χ1) is 13.1. The molecule has 0 saturated carbocycles. The number of nitrogens with zero attached hydrogens (tertiary/aromatic N) is 5. The van der Waals surface area contributed by atoms with Crippen LogP contribution in [0.15, 0.2) is 24.7 Å². The summed E-state index contributed by atoms with van der Waals surface area (Å²) in [6.07, 6.45) is 10.8. The molecule has 2 aromatic rings. The Balaban J connectivity index is 1.52. The van der Waals surface area contributed by atoms with E-state index in [2.05, 4.69) is 17.0 Å². The van der Waals surface area contributed by atoms with Crippen LogP contribution in [0.25, 0.3) is 5.65 Å². The second kappa shape index (κ2) is 7.29. The van der Waals surface area contributed by atoms with Gasteiger partial charge in [-0.25, -0.2) is 9.50 Å². The third kappa shape index (κ3) is 3.42. The predicted molar refractivity (Wildman–Crippen MR) is 101 cm³/mol. The van der Waals surface area contributed by atoms with E-state index in [-0.39, 0.29) is 17.2 Å². The Bertz CT molecular complexity index is 848. The van der Waals surface area contributed by atoms with E-state index in [0.717, 1.165) is 51.7 Å². The molecule has 0 aliphatic carbocycles. The molecule has 4 heterocycles. The average Bonchev–Trinajstić information content (AvgIpc) is 3.12. The van der Waals surface area contributed by atoms with Crippen molar-refractivity contribution in [3.63, 3.8) is 0 Å². The summed E-state index contributed by atoms with van der Waals surface area (Å²) in [4.78, 5) is 33.8. The van der Waals surface area contributed by atoms with E-state index in [1.165, 1.54) is 0 Å². The minimum absolute atomic E-state index is 0.000201. The molecule has 0 bridgehead atoms. The first-order valence-corrected chi connectivity index (χ1v) is 9.97. The molecule has 0 aromatic carbocycles. The summed E-state index contributed by atoms with van der Waals surface area (Å²) < 4.78 is 1.64. The average molecular weight is 369 g/mol. The largest absolute Gasteiger partial charge is 0.342 e. The van der Waals surface area contributed by atoms with Gasteiger partial charge in [0.1, 0.15) is 5.56 Å². The Labute approximate surface area is 159 Å². The monoisotopic (exact) mass is 369 g/mol. The van der Waals surface area contributed by atoms with Crippen molar-refractivity contribution in [1.29, 1.82) is 0 Å². The van der Waals surface area contributed by atoms with E-state index >= 15 is 0 Å². The first kappa shape index (κ1) is 17.9. The first-order valence-electron chi connectivity index (χ1n) is 9.97. The quantitative estimate of drug-likeness (QED) is 0.830. The molecule has 2 saturated heterocycles. The molecule has 7 nitrogen and oxygen atoms in total. The number of hydrogen-bond donors (Lipinski definition) is 0. The Morgan fingerprint density at radius 2 is 2.19 bits per heavy atom. The van der Waals surface area contributed by atoms with Gasteiger partial charge >= 0.3 is 0 Å². The fourth-order valence-corrected chi connectivity index (χ4v) is 4.52. The van der Waals surface area contributed by atoms with Crippen molar-refractivity contribution < 1.29 is 9.59 Å². The molecule has 2 amide bonds. The number of hydrogen-bond acceptors (Lipinski definition) is 4. The van der Waals surface area contributed by atoms with Crippen LogP contribution in [0.1, 0.15) is 55.8 Å². The second-order valence-corrected chi connectivity index (χ2v) is 7.95. The molecule has 2 fully saturated rings. The normalized spacial score (nSPS) is 23.4. The van der Waals surface area contributed by atoms with Gasteiger partial charge in [-0.05, 0) is 31.7 Å². The molecule has 2 aliphatic heterocycles. The van der Waals surface area contributed by atoms with Crippen LogP contribution < -0.4 is 0 Å². The zero-order chi connectivity index (χ0) is 18.9. The van der Waals surface area contributed by atoms with E-state index in [9.17, 15) is 9.59 Å². The number of likely N-dealkylation sites (tertiary alicyclic amines) is 2. The minimum Gasteiger partial charge on any atom is -0.342 e. The summed E-state index contributed by atoms with van der Waals surface area (Å²) in [6, 6.07) is 1.80. The summed E-state index contributed by atoms with van der Waals surface area (Å²) in [5.41, 5.74) is 1.19. The lowest BCUT2D eigenvalue weighted by Gasteiger charge is -2.48. The van der Waals surface area contributed by atoms with Crippen molar-refractivity contribution in [3.05, 3.63) is 30.2 Å². The highest BCUT2D eigenvalue weighted by molar-refractivity contribution is 5.99. The molecule has 2 aromatic heterocycles. The van der Waals surface area contributed by atoms with Gasteiger partial charge in [0, 0.05) is 50.4 Å². The van der Waals surface area contributed by atoms with Gasteiger partial charge in [-0.2, -0.15) is 5.10 Å². The lowest BCUT2D eigenvalue weighted by atomic mass is 9.73. The smallest absolute Gasteiger partial charge is 0.259 e. The lowest BCUT2D eigenvalue weighted by molar-refractivity contribution is -0.139. The Morgan fingerprint density at radius 1 is 1.30 bits per heavy atom. The number of amides is 2. The van der Waals surface area contributed by atoms with E-state index in [4.69, 9.17) is 0 Å². The molecule has 1 atom stereocenters. The molecule has 144 valence electrons. The van der Waals surface area contributed by atoms with Crippen LogP contribution in [0.2, 0.25) is 0 Å². The van der Waals surface area contributed by atoms with E-state index in [1.54, 1.807) is 29.2 Å². The molecule has 7 heteroatoms. The maximum atomic E-state index is 13.2. The number of fused-ring (bicyclic) bond motifs is 1. The fourth-order valence-electron chi connectivity index (χ4n) is 4.52. The van der Waals surface area contributed by atoms with Gasteiger partial charge < -0.3 is 9.80 Å². The lowest BCUT2D eigenvalue weighted by Crippen LogP contribution is -2.55. The van der Waals surface area contributed by atoms with Crippen LogP contribution in [-0.2, 0) is 4.79 Å². The second-order valence-electron chi connectivity index (χ2n) is 7.95. The number of rotatable bonds is 4. The Hall–Kier alpha value is -2.44. The van der Waals surface area contributed by atoms with Crippen molar-refractivity contribution in [3.8, 4) is 0 Å². The summed E-state index contributed by atoms with van der Waals surface area (Å²) in [5.74, 6) is 0.268. The van der Waals surface area contributed by atoms with Gasteiger partial charge in [0.25, 0.3) is 5.91 Å². The predicted octanol–water partition coefficient (Wildman–Crippen LogP) is 2.37. The number of carbonyl (C=O) groups is 2. The molecule has 27 heavy (non-hydrogen) atoms. The van der Waals surface area contributed by atoms with Gasteiger partial charge in [0.05, 0.1) is 6.20 Å². The van der Waals surface area contributed by atoms with Crippen molar-refractivity contribution in [2.75, 3.05) is 26.2 Å². The fraction of sp³-hybridized carbons (Fsp3) is 0.600. The summed E-state index contributed by atoms with van der Waals surface area (Å²) in [6.45, 7) is 5.24. The third-order valence-electron chi connectivity index (χ3n) is 5.99.